The molecule has 10 nitrogen and oxygen atoms in total. The van der Waals surface area contributed by atoms with Crippen molar-refractivity contribution in [3.05, 3.63) is 22.2 Å². The van der Waals surface area contributed by atoms with Crippen molar-refractivity contribution in [3.8, 4) is 0 Å². The Balaban J connectivity index is 2.46. The maximum Gasteiger partial charge on any atom is 0.351 e. The second-order valence-corrected chi connectivity index (χ2v) is 4.32. The van der Waals surface area contributed by atoms with Crippen LogP contribution in [0, 0.1) is 0 Å². The van der Waals surface area contributed by atoms with Crippen LogP contribution in [-0.4, -0.2) is 55.7 Å². The summed E-state index contributed by atoms with van der Waals surface area (Å²) in [5.74, 6) is -1.25. The molecule has 0 saturated carbocycles. The predicted octanol–water partition coefficient (Wildman–Crippen LogP) is -3.46. The second kappa shape index (κ2) is 5.17. The number of amides is 1. The molecule has 20 heavy (non-hydrogen) atoms. The molecular formula is C10H14N4O6. The Labute approximate surface area is 112 Å². The van der Waals surface area contributed by atoms with Crippen molar-refractivity contribution in [1.29, 1.82) is 0 Å². The van der Waals surface area contributed by atoms with E-state index < -0.39 is 42.7 Å². The number of aliphatic hydroxyl groups excluding tert-OH is 3. The quantitative estimate of drug-likeness (QED) is 0.381. The molecule has 0 aliphatic carbocycles. The van der Waals surface area contributed by atoms with Crippen molar-refractivity contribution in [1.82, 2.24) is 9.55 Å². The molecule has 10 heteroatoms. The largest absolute Gasteiger partial charge is 0.394 e. The highest BCUT2D eigenvalue weighted by atomic mass is 16.6. The van der Waals surface area contributed by atoms with Crippen LogP contribution in [-0.2, 0) is 4.74 Å². The lowest BCUT2D eigenvalue weighted by atomic mass is 10.1. The second-order valence-electron chi connectivity index (χ2n) is 4.32. The van der Waals surface area contributed by atoms with Crippen LogP contribution in [0.5, 0.6) is 0 Å². The van der Waals surface area contributed by atoms with Gasteiger partial charge in [-0.15, -0.1) is 0 Å². The van der Waals surface area contributed by atoms with Gasteiger partial charge in [0.2, 0.25) is 0 Å². The van der Waals surface area contributed by atoms with E-state index >= 15 is 0 Å². The lowest BCUT2D eigenvalue weighted by molar-refractivity contribution is -0.0550. The van der Waals surface area contributed by atoms with Gasteiger partial charge in [-0.05, 0) is 0 Å². The van der Waals surface area contributed by atoms with Gasteiger partial charge >= 0.3 is 5.69 Å². The number of carbonyl (C=O) groups is 1. The number of anilines is 1. The molecule has 110 valence electrons. The number of hydrogen-bond donors (Lipinski definition) is 5. The first-order chi connectivity index (χ1) is 9.36. The van der Waals surface area contributed by atoms with E-state index in [9.17, 15) is 19.8 Å². The molecule has 1 aliphatic rings. The molecule has 4 atom stereocenters. The highest BCUT2D eigenvalue weighted by Crippen LogP contribution is 2.28. The van der Waals surface area contributed by atoms with Gasteiger partial charge in [0, 0.05) is 6.20 Å². The summed E-state index contributed by atoms with van der Waals surface area (Å²) in [6, 6.07) is 0. The maximum atomic E-state index is 11.7. The van der Waals surface area contributed by atoms with E-state index in [1.165, 1.54) is 0 Å². The minimum atomic E-state index is -1.48. The van der Waals surface area contributed by atoms with Gasteiger partial charge in [0.05, 0.1) is 12.2 Å². The number of hydrogen-bond acceptors (Lipinski definition) is 8. The van der Waals surface area contributed by atoms with Crippen molar-refractivity contribution in [2.24, 2.45) is 5.73 Å². The average Bonchev–Trinajstić information content (AvgIpc) is 2.66. The molecule has 1 saturated heterocycles. The molecule has 0 radical (unpaired) electrons. The Morgan fingerprint density at radius 3 is 2.60 bits per heavy atom. The van der Waals surface area contributed by atoms with Crippen LogP contribution in [0.3, 0.4) is 0 Å². The molecule has 1 fully saturated rings. The Bertz CT molecular complexity index is 588. The van der Waals surface area contributed by atoms with Crippen LogP contribution in [0.1, 0.15) is 16.6 Å². The standard InChI is InChI=1S/C10H14N4O6/c11-7-3(8(12)18)1-14(10(19)13-7)9-6(17)5(16)4(2-15)20-9/h1,4-6,9,15-17H,2H2,(H2,12,18)(H2,11,13,19)/t4-,5+,6-,9-/m1/s1. The number of aliphatic hydroxyl groups is 3. The van der Waals surface area contributed by atoms with Crippen LogP contribution < -0.4 is 17.2 Å². The molecule has 0 bridgehead atoms. The third-order valence-corrected chi connectivity index (χ3v) is 3.04. The SMILES string of the molecule is NC(=O)c1cn([C@@H]2O[C@H](CO)[C@H](O)[C@H]2O)c(=O)nc1N. The monoisotopic (exact) mass is 286 g/mol. The normalized spacial score (nSPS) is 29.6. The number of rotatable bonds is 3. The van der Waals surface area contributed by atoms with E-state index in [-0.39, 0.29) is 11.4 Å². The smallest absolute Gasteiger partial charge is 0.351 e. The van der Waals surface area contributed by atoms with E-state index in [0.29, 0.717) is 0 Å². The minimum Gasteiger partial charge on any atom is -0.394 e. The molecule has 7 N–H and O–H groups in total. The number of nitrogens with zero attached hydrogens (tertiary/aromatic N) is 2. The zero-order valence-electron chi connectivity index (χ0n) is 10.2. The number of primary amides is 1. The summed E-state index contributed by atoms with van der Waals surface area (Å²) in [4.78, 5) is 26.3. The van der Waals surface area contributed by atoms with Gasteiger partial charge in [0.1, 0.15) is 24.1 Å². The fraction of sp³-hybridized carbons (Fsp3) is 0.500. The van der Waals surface area contributed by atoms with E-state index in [2.05, 4.69) is 4.98 Å². The van der Waals surface area contributed by atoms with Crippen LogP contribution in [0.4, 0.5) is 5.82 Å². The molecule has 2 heterocycles. The molecule has 1 aliphatic heterocycles. The third-order valence-electron chi connectivity index (χ3n) is 3.04. The van der Waals surface area contributed by atoms with Crippen molar-refractivity contribution in [2.75, 3.05) is 12.3 Å². The van der Waals surface area contributed by atoms with Gasteiger partial charge in [-0.1, -0.05) is 0 Å². The first kappa shape index (κ1) is 14.4. The Morgan fingerprint density at radius 2 is 2.10 bits per heavy atom. The van der Waals surface area contributed by atoms with Crippen LogP contribution in [0.15, 0.2) is 11.0 Å². The summed E-state index contributed by atoms with van der Waals surface area (Å²) in [5, 5.41) is 28.4. The summed E-state index contributed by atoms with van der Waals surface area (Å²) in [6.45, 7) is -0.547. The Morgan fingerprint density at radius 1 is 1.45 bits per heavy atom. The lowest BCUT2D eigenvalue weighted by Gasteiger charge is -2.18. The number of carbonyl (C=O) groups excluding carboxylic acids is 1. The van der Waals surface area contributed by atoms with E-state index in [4.69, 9.17) is 21.3 Å². The highest BCUT2D eigenvalue weighted by Gasteiger charge is 2.44. The summed E-state index contributed by atoms with van der Waals surface area (Å²) >= 11 is 0. The average molecular weight is 286 g/mol. The Hall–Kier alpha value is -2.01. The zero-order valence-corrected chi connectivity index (χ0v) is 10.2. The van der Waals surface area contributed by atoms with E-state index in [1.807, 2.05) is 0 Å². The minimum absolute atomic E-state index is 0.220. The van der Waals surface area contributed by atoms with Crippen LogP contribution in [0.2, 0.25) is 0 Å². The summed E-state index contributed by atoms with van der Waals surface area (Å²) in [7, 11) is 0. The van der Waals surface area contributed by atoms with Gasteiger partial charge in [-0.3, -0.25) is 9.36 Å². The van der Waals surface area contributed by atoms with Gasteiger partial charge in [-0.25, -0.2) is 4.79 Å². The van der Waals surface area contributed by atoms with E-state index in [1.54, 1.807) is 0 Å². The molecule has 1 aromatic heterocycles. The lowest BCUT2D eigenvalue weighted by Crippen LogP contribution is -2.37. The molecule has 0 aromatic carbocycles. The number of ether oxygens (including phenoxy) is 1. The van der Waals surface area contributed by atoms with Gasteiger partial charge in [0.15, 0.2) is 6.23 Å². The predicted molar refractivity (Wildman–Crippen MR) is 64.4 cm³/mol. The Kier molecular flexibility index (Phi) is 3.72. The van der Waals surface area contributed by atoms with Crippen LogP contribution >= 0.6 is 0 Å². The highest BCUT2D eigenvalue weighted by molar-refractivity contribution is 5.96. The molecular weight excluding hydrogens is 272 g/mol. The topological polar surface area (TPSA) is 174 Å². The van der Waals surface area contributed by atoms with Gasteiger partial charge in [-0.2, -0.15) is 4.98 Å². The molecule has 0 spiro atoms. The van der Waals surface area contributed by atoms with Gasteiger partial charge < -0.3 is 31.5 Å². The fourth-order valence-corrected chi connectivity index (χ4v) is 1.96. The van der Waals surface area contributed by atoms with Crippen molar-refractivity contribution >= 4 is 11.7 Å². The molecule has 2 rings (SSSR count). The van der Waals surface area contributed by atoms with E-state index in [0.717, 1.165) is 10.8 Å². The number of aromatic nitrogens is 2. The maximum absolute atomic E-state index is 11.7. The first-order valence-corrected chi connectivity index (χ1v) is 5.67. The van der Waals surface area contributed by atoms with Gasteiger partial charge in [0.25, 0.3) is 5.91 Å². The molecule has 1 aromatic rings. The zero-order chi connectivity index (χ0) is 15.0. The first-order valence-electron chi connectivity index (χ1n) is 5.67. The van der Waals surface area contributed by atoms with Crippen LogP contribution in [0.25, 0.3) is 0 Å². The fourth-order valence-electron chi connectivity index (χ4n) is 1.96. The third kappa shape index (κ3) is 2.25. The number of nitrogen functional groups attached to an aromatic ring is 1. The summed E-state index contributed by atoms with van der Waals surface area (Å²) < 4.78 is 5.95. The molecule has 1 amide bonds. The van der Waals surface area contributed by atoms with Crippen molar-refractivity contribution in [3.63, 3.8) is 0 Å². The summed E-state index contributed by atoms with van der Waals surface area (Å²) in [6.07, 6.45) is -4.23. The molecule has 0 unspecified atom stereocenters. The summed E-state index contributed by atoms with van der Waals surface area (Å²) in [5.41, 5.74) is 9.36. The number of nitrogens with two attached hydrogens (primary N) is 2. The van der Waals surface area contributed by atoms with Crippen molar-refractivity contribution in [2.45, 2.75) is 24.5 Å². The van der Waals surface area contributed by atoms with Crippen molar-refractivity contribution < 1.29 is 24.9 Å².